The summed E-state index contributed by atoms with van der Waals surface area (Å²) in [6.45, 7) is 4.92. The van der Waals surface area contributed by atoms with Crippen LogP contribution in [0, 0.1) is 12.8 Å². The predicted octanol–water partition coefficient (Wildman–Crippen LogP) is 0.276. The lowest BCUT2D eigenvalue weighted by Crippen LogP contribution is -2.45. The number of amides is 1. The van der Waals surface area contributed by atoms with Crippen LogP contribution < -0.4 is 0 Å². The van der Waals surface area contributed by atoms with E-state index < -0.39 is 0 Å². The van der Waals surface area contributed by atoms with Crippen molar-refractivity contribution in [1.29, 1.82) is 0 Å². The van der Waals surface area contributed by atoms with Crippen LogP contribution in [0.1, 0.15) is 29.4 Å². The third kappa shape index (κ3) is 2.03. The highest BCUT2D eigenvalue weighted by Crippen LogP contribution is 2.19. The van der Waals surface area contributed by atoms with E-state index in [1.807, 2.05) is 13.8 Å². The van der Waals surface area contributed by atoms with Gasteiger partial charge in [-0.15, -0.1) is 0 Å². The molecule has 3 rings (SSSR count). The zero-order valence-electron chi connectivity index (χ0n) is 11.5. The lowest BCUT2D eigenvalue weighted by molar-refractivity contribution is 0.0296. The Morgan fingerprint density at radius 2 is 2.25 bits per heavy atom. The summed E-state index contributed by atoms with van der Waals surface area (Å²) in [6.07, 6.45) is 3.27. The normalized spacial score (nSPS) is 23.2. The van der Waals surface area contributed by atoms with Crippen molar-refractivity contribution in [1.82, 2.24) is 24.5 Å². The number of fused-ring (bicyclic) bond motifs is 1. The fourth-order valence-corrected chi connectivity index (χ4v) is 2.59. The Labute approximate surface area is 116 Å². The van der Waals surface area contributed by atoms with Crippen LogP contribution in [0.5, 0.6) is 0 Å². The van der Waals surface area contributed by atoms with Gasteiger partial charge in [0.05, 0.1) is 17.4 Å². The van der Waals surface area contributed by atoms with E-state index in [1.165, 1.54) is 6.33 Å². The summed E-state index contributed by atoms with van der Waals surface area (Å²) in [5.74, 6) is 0.517. The summed E-state index contributed by atoms with van der Waals surface area (Å²) < 4.78 is 1.56. The summed E-state index contributed by atoms with van der Waals surface area (Å²) >= 11 is 0. The van der Waals surface area contributed by atoms with E-state index in [0.717, 1.165) is 5.69 Å². The van der Waals surface area contributed by atoms with Crippen LogP contribution in [-0.4, -0.2) is 54.7 Å². The Kier molecular flexibility index (Phi) is 3.13. The molecule has 0 bridgehead atoms. The van der Waals surface area contributed by atoms with Crippen molar-refractivity contribution in [3.05, 3.63) is 23.8 Å². The number of aryl methyl sites for hydroxylation is 1. The molecule has 0 aliphatic carbocycles. The summed E-state index contributed by atoms with van der Waals surface area (Å²) in [6, 6.07) is 0. The molecule has 7 nitrogen and oxygen atoms in total. The van der Waals surface area contributed by atoms with Crippen molar-refractivity contribution >= 4 is 11.7 Å². The molecule has 7 heteroatoms. The first-order valence-electron chi connectivity index (χ1n) is 6.70. The molecule has 1 amide bonds. The van der Waals surface area contributed by atoms with Gasteiger partial charge in [-0.05, 0) is 19.3 Å². The molecular formula is C13H17N5O2. The zero-order valence-corrected chi connectivity index (χ0v) is 11.5. The summed E-state index contributed by atoms with van der Waals surface area (Å²) in [5, 5.41) is 13.8. The second-order valence-corrected chi connectivity index (χ2v) is 5.31. The Morgan fingerprint density at radius 1 is 1.45 bits per heavy atom. The largest absolute Gasteiger partial charge is 0.393 e. The van der Waals surface area contributed by atoms with Gasteiger partial charge in [0.2, 0.25) is 0 Å². The van der Waals surface area contributed by atoms with Gasteiger partial charge in [0, 0.05) is 19.3 Å². The van der Waals surface area contributed by atoms with Crippen molar-refractivity contribution in [3.8, 4) is 0 Å². The van der Waals surface area contributed by atoms with E-state index in [0.29, 0.717) is 30.9 Å². The first-order chi connectivity index (χ1) is 9.58. The molecule has 0 radical (unpaired) electrons. The van der Waals surface area contributed by atoms with Crippen molar-refractivity contribution < 1.29 is 9.90 Å². The highest BCUT2D eigenvalue weighted by atomic mass is 16.3. The number of carbonyl (C=O) groups is 1. The minimum absolute atomic E-state index is 0.0637. The second-order valence-electron chi connectivity index (χ2n) is 5.31. The maximum absolute atomic E-state index is 12.6. The average molecular weight is 275 g/mol. The first-order valence-corrected chi connectivity index (χ1v) is 6.70. The van der Waals surface area contributed by atoms with Gasteiger partial charge in [-0.2, -0.15) is 10.1 Å². The lowest BCUT2D eigenvalue weighted by atomic mass is 9.96. The molecular weight excluding hydrogens is 258 g/mol. The van der Waals surface area contributed by atoms with Gasteiger partial charge in [-0.1, -0.05) is 6.92 Å². The second kappa shape index (κ2) is 4.82. The molecule has 106 valence electrons. The van der Waals surface area contributed by atoms with Gasteiger partial charge in [0.1, 0.15) is 6.33 Å². The fourth-order valence-electron chi connectivity index (χ4n) is 2.59. The van der Waals surface area contributed by atoms with E-state index in [-0.39, 0.29) is 17.9 Å². The molecule has 0 aromatic carbocycles. The van der Waals surface area contributed by atoms with Crippen LogP contribution in [0.4, 0.5) is 0 Å². The number of aromatic nitrogens is 4. The predicted molar refractivity (Wildman–Crippen MR) is 71.2 cm³/mol. The van der Waals surface area contributed by atoms with Gasteiger partial charge < -0.3 is 10.0 Å². The van der Waals surface area contributed by atoms with E-state index in [2.05, 4.69) is 15.1 Å². The monoisotopic (exact) mass is 275 g/mol. The first kappa shape index (κ1) is 13.0. The molecule has 1 aliphatic heterocycles. The summed E-state index contributed by atoms with van der Waals surface area (Å²) in [4.78, 5) is 22.5. The quantitative estimate of drug-likeness (QED) is 0.808. The molecule has 0 saturated carbocycles. The molecule has 20 heavy (non-hydrogen) atoms. The van der Waals surface area contributed by atoms with Gasteiger partial charge in [-0.25, -0.2) is 9.50 Å². The Hall–Kier alpha value is -2.02. The molecule has 0 spiro atoms. The highest BCUT2D eigenvalue weighted by molar-refractivity contribution is 5.95. The maximum atomic E-state index is 12.6. The van der Waals surface area contributed by atoms with Crippen LogP contribution in [0.3, 0.4) is 0 Å². The summed E-state index contributed by atoms with van der Waals surface area (Å²) in [5.41, 5.74) is 1.27. The molecule has 3 heterocycles. The SMILES string of the molecule is Cc1c(C(=O)N2CCC(O)C(C)C2)cnc2ncnn12. The Bertz CT molecular complexity index is 653. The molecule has 2 aromatic rings. The van der Waals surface area contributed by atoms with Gasteiger partial charge in [-0.3, -0.25) is 4.79 Å². The van der Waals surface area contributed by atoms with Crippen LogP contribution in [0.15, 0.2) is 12.5 Å². The van der Waals surface area contributed by atoms with Crippen LogP contribution in [0.2, 0.25) is 0 Å². The van der Waals surface area contributed by atoms with Crippen LogP contribution in [0.25, 0.3) is 5.78 Å². The van der Waals surface area contributed by atoms with Gasteiger partial charge in [0.15, 0.2) is 0 Å². The van der Waals surface area contributed by atoms with Crippen molar-refractivity contribution in [2.45, 2.75) is 26.4 Å². The molecule has 2 aromatic heterocycles. The molecule has 1 saturated heterocycles. The van der Waals surface area contributed by atoms with E-state index in [9.17, 15) is 9.90 Å². The van der Waals surface area contributed by atoms with E-state index in [1.54, 1.807) is 15.6 Å². The number of hydrogen-bond donors (Lipinski definition) is 1. The van der Waals surface area contributed by atoms with Gasteiger partial charge >= 0.3 is 0 Å². The number of carbonyl (C=O) groups excluding carboxylic acids is 1. The smallest absolute Gasteiger partial charge is 0.257 e. The minimum atomic E-state index is -0.323. The van der Waals surface area contributed by atoms with Crippen molar-refractivity contribution in [2.75, 3.05) is 13.1 Å². The number of nitrogens with zero attached hydrogens (tertiary/aromatic N) is 5. The lowest BCUT2D eigenvalue weighted by Gasteiger charge is -2.34. The van der Waals surface area contributed by atoms with Crippen molar-refractivity contribution in [3.63, 3.8) is 0 Å². The Morgan fingerprint density at radius 3 is 3.00 bits per heavy atom. The standard InChI is InChI=1S/C13H17N5O2/c1-8-6-17(4-3-11(8)19)12(20)10-5-14-13-15-7-16-18(13)9(10)2/h5,7-8,11,19H,3-4,6H2,1-2H3. The van der Waals surface area contributed by atoms with E-state index in [4.69, 9.17) is 0 Å². The van der Waals surface area contributed by atoms with Crippen LogP contribution in [-0.2, 0) is 0 Å². The van der Waals surface area contributed by atoms with Crippen molar-refractivity contribution in [2.24, 2.45) is 5.92 Å². The maximum Gasteiger partial charge on any atom is 0.257 e. The summed E-state index contributed by atoms with van der Waals surface area (Å²) in [7, 11) is 0. The molecule has 2 atom stereocenters. The Balaban J connectivity index is 1.90. The zero-order chi connectivity index (χ0) is 14.3. The number of piperidine rings is 1. The molecule has 1 aliphatic rings. The minimum Gasteiger partial charge on any atom is -0.393 e. The number of rotatable bonds is 1. The average Bonchev–Trinajstić information content (AvgIpc) is 2.91. The number of aliphatic hydroxyl groups is 1. The molecule has 1 N–H and O–H groups in total. The van der Waals surface area contributed by atoms with Crippen LogP contribution >= 0.6 is 0 Å². The topological polar surface area (TPSA) is 83.6 Å². The third-order valence-corrected chi connectivity index (χ3v) is 3.92. The number of hydrogen-bond acceptors (Lipinski definition) is 5. The van der Waals surface area contributed by atoms with E-state index >= 15 is 0 Å². The number of aliphatic hydroxyl groups excluding tert-OH is 1. The molecule has 2 unspecified atom stereocenters. The fraction of sp³-hybridized carbons (Fsp3) is 0.538. The third-order valence-electron chi connectivity index (χ3n) is 3.92. The number of likely N-dealkylation sites (tertiary alicyclic amines) is 1. The highest BCUT2D eigenvalue weighted by Gasteiger charge is 2.29. The van der Waals surface area contributed by atoms with Gasteiger partial charge in [0.25, 0.3) is 11.7 Å². The molecule has 1 fully saturated rings.